The monoisotopic (exact) mass is 505 g/mol. The molecule has 1 N–H and O–H groups in total. The minimum atomic E-state index is -4.21. The van der Waals surface area contributed by atoms with Gasteiger partial charge in [0.25, 0.3) is 0 Å². The molecule has 7 heteroatoms. The standard InChI is InChI=1S/C29H31NO5S/c1-29(2)24-10-3-4-11-25(24)30(16-5-6-17-36(32,33)34)27(29)15-13-20-8-7-9-22-18-21-12-14-23(31)19-26(21)35-28(20)22/h3-4,10-15,18-19H,5-9,16-17H2,1-2H3,(H,32,33,34). The van der Waals surface area contributed by atoms with E-state index in [4.69, 9.17) is 4.74 Å². The van der Waals surface area contributed by atoms with E-state index >= 15 is 0 Å². The quantitative estimate of drug-likeness (QED) is 0.302. The molecule has 0 saturated carbocycles. The third kappa shape index (κ3) is 4.77. The molecule has 0 bridgehead atoms. The number of allylic oxidation sites excluding steroid dienone is 4. The van der Waals surface area contributed by atoms with Gasteiger partial charge in [0, 0.05) is 41.5 Å². The number of phenols is 1. The number of para-hydroxylation sites is 1. The van der Waals surface area contributed by atoms with E-state index in [1.165, 1.54) is 11.1 Å². The number of hydrogen-bond donors (Lipinski definition) is 1. The van der Waals surface area contributed by atoms with Crippen molar-refractivity contribution < 1.29 is 27.4 Å². The summed E-state index contributed by atoms with van der Waals surface area (Å²) in [4.78, 5) is 0. The van der Waals surface area contributed by atoms with Gasteiger partial charge in [0.05, 0.1) is 15.5 Å². The van der Waals surface area contributed by atoms with E-state index in [-0.39, 0.29) is 16.9 Å². The summed E-state index contributed by atoms with van der Waals surface area (Å²) in [7, 11) is -4.21. The zero-order chi connectivity index (χ0) is 25.5. The lowest BCUT2D eigenvalue weighted by molar-refractivity contribution is -0.438. The number of rotatable bonds is 7. The second kappa shape index (κ2) is 9.37. The number of unbranched alkanes of at least 4 members (excludes halogenated alkanes) is 1. The molecule has 1 aliphatic carbocycles. The van der Waals surface area contributed by atoms with Crippen molar-refractivity contribution in [2.24, 2.45) is 0 Å². The van der Waals surface area contributed by atoms with E-state index in [1.807, 2.05) is 18.2 Å². The average molecular weight is 506 g/mol. The third-order valence-electron chi connectivity index (χ3n) is 7.28. The van der Waals surface area contributed by atoms with Gasteiger partial charge in [0.1, 0.15) is 23.8 Å². The van der Waals surface area contributed by atoms with Crippen LogP contribution >= 0.6 is 0 Å². The first-order valence-corrected chi connectivity index (χ1v) is 14.0. The summed E-state index contributed by atoms with van der Waals surface area (Å²) >= 11 is 0. The first kappa shape index (κ1) is 24.5. The summed E-state index contributed by atoms with van der Waals surface area (Å²) in [6, 6.07) is 13.5. The lowest BCUT2D eigenvalue weighted by atomic mass is 9.81. The Morgan fingerprint density at radius 1 is 1.11 bits per heavy atom. The Balaban J connectivity index is 1.49. The van der Waals surface area contributed by atoms with Gasteiger partial charge in [-0.15, -0.1) is 0 Å². The van der Waals surface area contributed by atoms with Crippen LogP contribution in [-0.4, -0.2) is 40.7 Å². The Morgan fingerprint density at radius 2 is 1.92 bits per heavy atom. The first-order valence-electron chi connectivity index (χ1n) is 12.4. The number of benzene rings is 2. The van der Waals surface area contributed by atoms with Gasteiger partial charge in [-0.25, -0.2) is 8.42 Å². The minimum Gasteiger partial charge on any atom is -0.748 e. The van der Waals surface area contributed by atoms with Gasteiger partial charge >= 0.3 is 0 Å². The van der Waals surface area contributed by atoms with Crippen LogP contribution in [0.5, 0.6) is 11.5 Å². The van der Waals surface area contributed by atoms with Crippen LogP contribution in [0.4, 0.5) is 5.69 Å². The number of hydrogen-bond acceptors (Lipinski definition) is 5. The highest BCUT2D eigenvalue weighted by molar-refractivity contribution is 7.85. The lowest BCUT2D eigenvalue weighted by Gasteiger charge is -2.26. The highest BCUT2D eigenvalue weighted by atomic mass is 32.2. The summed E-state index contributed by atoms with van der Waals surface area (Å²) in [6.07, 6.45) is 10.3. The van der Waals surface area contributed by atoms with Gasteiger partial charge in [0.15, 0.2) is 5.71 Å². The minimum absolute atomic E-state index is 0.181. The summed E-state index contributed by atoms with van der Waals surface area (Å²) in [5.41, 5.74) is 6.51. The van der Waals surface area contributed by atoms with Crippen LogP contribution in [-0.2, 0) is 15.5 Å². The fraction of sp³-hybridized carbons (Fsp3) is 0.345. The van der Waals surface area contributed by atoms with Crippen molar-refractivity contribution >= 4 is 27.6 Å². The Labute approximate surface area is 212 Å². The SMILES string of the molecule is CC1(C)C(/C=C/C2=C3Oc4cc(O)ccc4C=C3CCC2)=[N+](CCCCS(=O)(=O)[O-])c2ccccc21. The second-order valence-corrected chi connectivity index (χ2v) is 11.7. The summed E-state index contributed by atoms with van der Waals surface area (Å²) in [5.74, 6) is 1.38. The lowest BCUT2D eigenvalue weighted by Crippen LogP contribution is -2.28. The van der Waals surface area contributed by atoms with Crippen molar-refractivity contribution in [3.8, 4) is 11.5 Å². The number of ether oxygens (including phenoxy) is 1. The molecule has 0 unspecified atom stereocenters. The number of phenolic OH excluding ortho intramolecular Hbond substituents is 1. The molecule has 36 heavy (non-hydrogen) atoms. The van der Waals surface area contributed by atoms with Gasteiger partial charge in [-0.2, -0.15) is 4.58 Å². The van der Waals surface area contributed by atoms with E-state index in [9.17, 15) is 18.1 Å². The first-order chi connectivity index (χ1) is 17.1. The Bertz CT molecular complexity index is 1440. The predicted molar refractivity (Wildman–Crippen MR) is 140 cm³/mol. The average Bonchev–Trinajstić information content (AvgIpc) is 3.04. The molecule has 0 fully saturated rings. The Hall–Kier alpha value is -3.16. The van der Waals surface area contributed by atoms with Crippen LogP contribution in [0.2, 0.25) is 0 Å². The highest BCUT2D eigenvalue weighted by Crippen LogP contribution is 2.42. The number of nitrogens with zero attached hydrogens (tertiary/aromatic N) is 1. The molecule has 2 aromatic rings. The molecule has 0 atom stereocenters. The molecule has 0 spiro atoms. The molecular weight excluding hydrogens is 474 g/mol. The molecule has 3 aliphatic rings. The maximum atomic E-state index is 11.1. The molecule has 0 radical (unpaired) electrons. The zero-order valence-corrected chi connectivity index (χ0v) is 21.5. The Morgan fingerprint density at radius 3 is 2.72 bits per heavy atom. The van der Waals surface area contributed by atoms with Gasteiger partial charge in [-0.05, 0) is 75.0 Å². The van der Waals surface area contributed by atoms with Crippen molar-refractivity contribution in [1.82, 2.24) is 0 Å². The topological polar surface area (TPSA) is 89.7 Å². The number of aromatic hydroxyl groups is 1. The van der Waals surface area contributed by atoms with Crippen LogP contribution in [0, 0.1) is 0 Å². The molecule has 2 heterocycles. The smallest absolute Gasteiger partial charge is 0.209 e. The molecule has 2 aromatic carbocycles. The van der Waals surface area contributed by atoms with Gasteiger partial charge in [0.2, 0.25) is 5.69 Å². The maximum Gasteiger partial charge on any atom is 0.209 e. The van der Waals surface area contributed by atoms with Crippen LogP contribution in [0.15, 0.2) is 71.5 Å². The van der Waals surface area contributed by atoms with Crippen LogP contribution < -0.4 is 4.74 Å². The maximum absolute atomic E-state index is 11.1. The largest absolute Gasteiger partial charge is 0.748 e. The highest BCUT2D eigenvalue weighted by Gasteiger charge is 2.43. The fourth-order valence-corrected chi connectivity index (χ4v) is 6.03. The molecule has 6 nitrogen and oxygen atoms in total. The van der Waals surface area contributed by atoms with E-state index in [1.54, 1.807) is 12.1 Å². The van der Waals surface area contributed by atoms with Gasteiger partial charge < -0.3 is 14.4 Å². The van der Waals surface area contributed by atoms with E-state index in [0.717, 1.165) is 47.6 Å². The van der Waals surface area contributed by atoms with Crippen molar-refractivity contribution in [3.05, 3.63) is 82.6 Å². The van der Waals surface area contributed by atoms with Gasteiger partial charge in [-0.1, -0.05) is 18.2 Å². The van der Waals surface area contributed by atoms with Crippen molar-refractivity contribution in [1.29, 1.82) is 0 Å². The van der Waals surface area contributed by atoms with Crippen molar-refractivity contribution in [2.75, 3.05) is 12.3 Å². The molecule has 0 amide bonds. The second-order valence-electron chi connectivity index (χ2n) is 10.2. The van der Waals surface area contributed by atoms with Gasteiger partial charge in [-0.3, -0.25) is 0 Å². The number of fused-ring (bicyclic) bond motifs is 3. The molecule has 5 rings (SSSR count). The van der Waals surface area contributed by atoms with E-state index in [0.29, 0.717) is 25.1 Å². The van der Waals surface area contributed by atoms with Crippen LogP contribution in [0.3, 0.4) is 0 Å². The van der Waals surface area contributed by atoms with Crippen molar-refractivity contribution in [3.63, 3.8) is 0 Å². The van der Waals surface area contributed by atoms with Crippen LogP contribution in [0.25, 0.3) is 6.08 Å². The molecule has 0 saturated heterocycles. The molecular formula is C29H31NO5S. The predicted octanol–water partition coefficient (Wildman–Crippen LogP) is 5.56. The van der Waals surface area contributed by atoms with E-state index in [2.05, 4.69) is 48.8 Å². The van der Waals surface area contributed by atoms with E-state index < -0.39 is 10.1 Å². The fourth-order valence-electron chi connectivity index (χ4n) is 5.47. The third-order valence-corrected chi connectivity index (χ3v) is 8.07. The van der Waals surface area contributed by atoms with Crippen LogP contribution in [0.1, 0.15) is 57.1 Å². The normalized spacial score (nSPS) is 18.6. The molecule has 2 aliphatic heterocycles. The molecule has 0 aromatic heterocycles. The van der Waals surface area contributed by atoms with Crippen molar-refractivity contribution in [2.45, 2.75) is 51.4 Å². The summed E-state index contributed by atoms with van der Waals surface area (Å²) in [5, 5.41) is 9.91. The molecule has 188 valence electrons. The summed E-state index contributed by atoms with van der Waals surface area (Å²) in [6.45, 7) is 5.04. The Kier molecular flexibility index (Phi) is 6.39. The zero-order valence-electron chi connectivity index (χ0n) is 20.7. The summed E-state index contributed by atoms with van der Waals surface area (Å²) < 4.78 is 41.7.